The molecule has 0 fully saturated rings. The molecule has 1 aliphatic carbocycles. The highest BCUT2D eigenvalue weighted by Crippen LogP contribution is 2.46. The summed E-state index contributed by atoms with van der Waals surface area (Å²) in [4.78, 5) is 83.8. The molecule has 14 nitrogen and oxygen atoms in total. The van der Waals surface area contributed by atoms with E-state index in [0.717, 1.165) is 40.2 Å². The number of carbonyl (C=O) groups excluding carboxylic acids is 6. The summed E-state index contributed by atoms with van der Waals surface area (Å²) < 4.78 is 26.7. The Labute approximate surface area is 231 Å². The van der Waals surface area contributed by atoms with Crippen molar-refractivity contribution in [2.45, 2.75) is 104 Å². The first-order valence-corrected chi connectivity index (χ1v) is 12.6. The first kappa shape index (κ1) is 34.2. The minimum absolute atomic E-state index is 0.00362. The van der Waals surface area contributed by atoms with Crippen molar-refractivity contribution in [1.82, 2.24) is 0 Å². The van der Waals surface area contributed by atoms with Gasteiger partial charge in [-0.1, -0.05) is 11.1 Å². The molecule has 14 heteroatoms. The van der Waals surface area contributed by atoms with Crippen LogP contribution >= 0.6 is 0 Å². The number of ether oxygens (including phenoxy) is 5. The Balaban J connectivity index is 3.96. The van der Waals surface area contributed by atoms with Gasteiger partial charge in [0, 0.05) is 58.8 Å². The fraction of sp³-hybridized carbons (Fsp3) is 0.692. The van der Waals surface area contributed by atoms with E-state index < -0.39 is 77.2 Å². The summed E-state index contributed by atoms with van der Waals surface area (Å²) in [5.74, 6) is -5.61. The topological polar surface area (TPSA) is 192 Å². The van der Waals surface area contributed by atoms with Gasteiger partial charge in [-0.15, -0.1) is 0 Å². The lowest BCUT2D eigenvalue weighted by atomic mass is 9.65. The van der Waals surface area contributed by atoms with Crippen LogP contribution in [0.15, 0.2) is 11.1 Å². The summed E-state index contributed by atoms with van der Waals surface area (Å²) in [5.41, 5.74) is -0.405. The Kier molecular flexibility index (Phi) is 12.9. The largest absolute Gasteiger partial charge is 0.462 e. The smallest absolute Gasteiger partial charge is 0.303 e. The van der Waals surface area contributed by atoms with Gasteiger partial charge in [-0.3, -0.25) is 34.1 Å². The average Bonchev–Trinajstić information content (AvgIpc) is 2.82. The standard InChI is InChI=1S/C26H37NO13/c1-14-11-21(26(27(34)35,9-8-10-28)12-15(14)2)23(38-18(5)31)25(40-20(7)33)24(39-19(6)32)22(37-17(4)30)13-36-16(3)29/h10,21-25H,8-9,11-13H2,1-7H3/t21-,22+,23+,24+,25+,26-/m0/s1. The number of hydrogen-bond acceptors (Lipinski definition) is 13. The molecule has 0 N–H and O–H groups in total. The van der Waals surface area contributed by atoms with Crippen molar-refractivity contribution in [3.8, 4) is 0 Å². The fourth-order valence-corrected chi connectivity index (χ4v) is 4.97. The first-order chi connectivity index (χ1) is 18.5. The molecule has 0 saturated carbocycles. The second-order valence-corrected chi connectivity index (χ2v) is 9.79. The number of aldehydes is 1. The van der Waals surface area contributed by atoms with Gasteiger partial charge in [0.15, 0.2) is 24.4 Å². The van der Waals surface area contributed by atoms with Gasteiger partial charge in [0.1, 0.15) is 12.9 Å². The second kappa shape index (κ2) is 15.1. The number of esters is 5. The van der Waals surface area contributed by atoms with E-state index in [0.29, 0.717) is 11.9 Å². The third-order valence-corrected chi connectivity index (χ3v) is 6.66. The van der Waals surface area contributed by atoms with E-state index in [-0.39, 0.29) is 25.7 Å². The Morgan fingerprint density at radius 3 is 1.85 bits per heavy atom. The maximum Gasteiger partial charge on any atom is 0.303 e. The zero-order valence-electron chi connectivity index (χ0n) is 23.8. The molecule has 0 amide bonds. The quantitative estimate of drug-likeness (QED) is 0.0735. The molecule has 1 aliphatic rings. The van der Waals surface area contributed by atoms with Gasteiger partial charge in [0.25, 0.3) is 0 Å². The lowest BCUT2D eigenvalue weighted by Gasteiger charge is -2.44. The van der Waals surface area contributed by atoms with Crippen LogP contribution in [-0.2, 0) is 52.5 Å². The molecule has 0 saturated heterocycles. The Hall–Kier alpha value is -3.84. The Morgan fingerprint density at radius 2 is 1.40 bits per heavy atom. The van der Waals surface area contributed by atoms with Crippen LogP contribution in [0.25, 0.3) is 0 Å². The summed E-state index contributed by atoms with van der Waals surface area (Å²) in [6.07, 6.45) is -6.66. The van der Waals surface area contributed by atoms with Crippen LogP contribution in [0.5, 0.6) is 0 Å². The number of hydrogen-bond donors (Lipinski definition) is 0. The SMILES string of the molecule is CC(=O)OC[C@@H](OC(C)=O)[C@@H](OC(C)=O)[C@H](OC(C)=O)[C@H](OC(C)=O)[C@@H]1CC(C)=C(C)C[C@]1(CCC=O)[N+](=O)[O-]. The van der Waals surface area contributed by atoms with Crippen molar-refractivity contribution in [3.05, 3.63) is 21.3 Å². The molecule has 1 rings (SSSR count). The van der Waals surface area contributed by atoms with Crippen LogP contribution in [0.3, 0.4) is 0 Å². The van der Waals surface area contributed by atoms with E-state index in [1.54, 1.807) is 13.8 Å². The zero-order valence-corrected chi connectivity index (χ0v) is 23.8. The van der Waals surface area contributed by atoms with Crippen LogP contribution in [-0.4, -0.2) is 77.6 Å². The van der Waals surface area contributed by atoms with Gasteiger partial charge in [-0.05, 0) is 20.3 Å². The number of carbonyl (C=O) groups is 6. The van der Waals surface area contributed by atoms with Crippen molar-refractivity contribution in [3.63, 3.8) is 0 Å². The molecule has 0 unspecified atom stereocenters. The summed E-state index contributed by atoms with van der Waals surface area (Å²) in [6, 6.07) is 0. The van der Waals surface area contributed by atoms with Crippen molar-refractivity contribution >= 4 is 36.1 Å². The average molecular weight is 572 g/mol. The van der Waals surface area contributed by atoms with E-state index in [1.807, 2.05) is 0 Å². The predicted molar refractivity (Wildman–Crippen MR) is 135 cm³/mol. The number of allylic oxidation sites excluding steroid dienone is 1. The molecular weight excluding hydrogens is 534 g/mol. The van der Waals surface area contributed by atoms with Gasteiger partial charge in [-0.2, -0.15) is 0 Å². The Bertz CT molecular complexity index is 1040. The summed E-state index contributed by atoms with van der Waals surface area (Å²) in [7, 11) is 0. The van der Waals surface area contributed by atoms with E-state index in [1.165, 1.54) is 0 Å². The van der Waals surface area contributed by atoms with Crippen LogP contribution in [0.2, 0.25) is 0 Å². The third kappa shape index (κ3) is 9.42. The molecule has 0 aromatic rings. The molecule has 0 spiro atoms. The zero-order chi connectivity index (χ0) is 30.8. The van der Waals surface area contributed by atoms with Crippen molar-refractivity contribution in [2.75, 3.05) is 6.61 Å². The van der Waals surface area contributed by atoms with E-state index in [4.69, 9.17) is 23.7 Å². The van der Waals surface area contributed by atoms with Gasteiger partial charge in [0.2, 0.25) is 5.54 Å². The maximum atomic E-state index is 12.7. The maximum absolute atomic E-state index is 12.7. The number of nitrogens with zero attached hydrogens (tertiary/aromatic N) is 1. The molecular formula is C26H37NO13. The Morgan fingerprint density at radius 1 is 0.875 bits per heavy atom. The molecule has 0 aromatic heterocycles. The second-order valence-electron chi connectivity index (χ2n) is 9.79. The van der Waals surface area contributed by atoms with Crippen LogP contribution in [0, 0.1) is 16.0 Å². The minimum atomic E-state index is -1.85. The highest BCUT2D eigenvalue weighted by Gasteiger charge is 2.60. The monoisotopic (exact) mass is 571 g/mol. The number of nitro groups is 1. The van der Waals surface area contributed by atoms with E-state index in [9.17, 15) is 38.9 Å². The molecule has 0 heterocycles. The van der Waals surface area contributed by atoms with Crippen LogP contribution < -0.4 is 0 Å². The van der Waals surface area contributed by atoms with Gasteiger partial charge in [-0.25, -0.2) is 0 Å². The summed E-state index contributed by atoms with van der Waals surface area (Å²) in [5, 5.41) is 12.7. The van der Waals surface area contributed by atoms with E-state index in [2.05, 4.69) is 0 Å². The lowest BCUT2D eigenvalue weighted by Crippen LogP contribution is -2.61. The molecule has 0 aliphatic heterocycles. The van der Waals surface area contributed by atoms with Gasteiger partial charge >= 0.3 is 29.8 Å². The first-order valence-electron chi connectivity index (χ1n) is 12.6. The lowest BCUT2D eigenvalue weighted by molar-refractivity contribution is -0.586. The molecule has 0 aromatic carbocycles. The van der Waals surface area contributed by atoms with Crippen molar-refractivity contribution in [2.24, 2.45) is 5.92 Å². The molecule has 6 atom stereocenters. The normalized spacial score (nSPS) is 21.6. The van der Waals surface area contributed by atoms with Gasteiger partial charge < -0.3 is 28.5 Å². The highest BCUT2D eigenvalue weighted by atomic mass is 16.6. The summed E-state index contributed by atoms with van der Waals surface area (Å²) in [6.45, 7) is 7.98. The summed E-state index contributed by atoms with van der Waals surface area (Å²) >= 11 is 0. The molecule has 0 bridgehead atoms. The van der Waals surface area contributed by atoms with Crippen LogP contribution in [0.4, 0.5) is 0 Å². The van der Waals surface area contributed by atoms with Crippen molar-refractivity contribution in [1.29, 1.82) is 0 Å². The number of rotatable bonds is 14. The molecule has 40 heavy (non-hydrogen) atoms. The highest BCUT2D eigenvalue weighted by molar-refractivity contribution is 5.69. The van der Waals surface area contributed by atoms with E-state index >= 15 is 0 Å². The fourth-order valence-electron chi connectivity index (χ4n) is 4.97. The molecule has 224 valence electrons. The molecule has 0 radical (unpaired) electrons. The van der Waals surface area contributed by atoms with Crippen molar-refractivity contribution < 1.29 is 57.4 Å². The third-order valence-electron chi connectivity index (χ3n) is 6.66. The van der Waals surface area contributed by atoms with Crippen LogP contribution in [0.1, 0.15) is 74.1 Å². The predicted octanol–water partition coefficient (Wildman–Crippen LogP) is 2.02. The van der Waals surface area contributed by atoms with Gasteiger partial charge in [0.05, 0.1) is 5.92 Å². The minimum Gasteiger partial charge on any atom is -0.462 e.